The van der Waals surface area contributed by atoms with Crippen LogP contribution in [0.15, 0.2) is 42.0 Å². The van der Waals surface area contributed by atoms with Crippen molar-refractivity contribution in [3.8, 4) is 41.5 Å². The molecule has 0 bridgehead atoms. The summed E-state index contributed by atoms with van der Waals surface area (Å²) in [4.78, 5) is 0. The first-order valence-electron chi connectivity index (χ1n) is 18.7. The minimum atomic E-state index is 0. The molecule has 1 aliphatic rings. The molecule has 3 rings (SSSR count). The monoisotopic (exact) mass is 878 g/mol. The predicted molar refractivity (Wildman–Crippen MR) is 216 cm³/mol. The molecule has 49 heavy (non-hydrogen) atoms. The van der Waals surface area contributed by atoms with Crippen LogP contribution in [0.2, 0.25) is 0 Å². The summed E-state index contributed by atoms with van der Waals surface area (Å²) in [7, 11) is 0.843. The predicted octanol–water partition coefficient (Wildman–Crippen LogP) is 9.91. The van der Waals surface area contributed by atoms with Crippen LogP contribution in [-0.4, -0.2) is 37.0 Å². The van der Waals surface area contributed by atoms with Crippen LogP contribution in [-0.2, 0) is 21.1 Å². The van der Waals surface area contributed by atoms with Gasteiger partial charge in [-0.2, -0.15) is 0 Å². The molecule has 2 nitrogen and oxygen atoms in total. The van der Waals surface area contributed by atoms with Crippen LogP contribution in [0.5, 0.6) is 0 Å². The summed E-state index contributed by atoms with van der Waals surface area (Å²) >= 11 is 0. The number of nitrogens with one attached hydrogen (secondary N) is 2. The number of hydrogen-bond acceptors (Lipinski definition) is 0. The zero-order valence-corrected chi connectivity index (χ0v) is 35.5. The summed E-state index contributed by atoms with van der Waals surface area (Å²) in [5, 5.41) is 14.8. The van der Waals surface area contributed by atoms with E-state index < -0.39 is 0 Å². The number of allylic oxidation sites excluding steroid dienone is 1. The number of fused-ring (bicyclic) bond motifs is 3. The molecule has 0 unspecified atom stereocenters. The summed E-state index contributed by atoms with van der Waals surface area (Å²) in [6, 6.07) is 15.8. The molecule has 2 aromatic carbocycles. The van der Waals surface area contributed by atoms with E-state index >= 15 is 0 Å². The Morgan fingerprint density at radius 3 is 1.20 bits per heavy atom. The van der Waals surface area contributed by atoms with E-state index in [9.17, 15) is 0 Å². The molecule has 2 N–H and O–H groups in total. The second kappa shape index (κ2) is 29.5. The Bertz CT molecular complexity index is 1280. The summed E-state index contributed by atoms with van der Waals surface area (Å²) < 4.78 is 0. The quantitative estimate of drug-likeness (QED) is 0.0727. The standard InChI is InChI=1S/C20H7N2.2C12H27P.Pt.H2/c1-3-13-5-7-16-17-8-6-14(4-2)10-19(17)20(18(16)9-13)15(11-21)12-22;2*1-4-7-10-13(11-8-5-2)12-9-6-3;;/h1,5-10H;2*4-12H2,1-3H3;;1H/p+2. The zero-order chi connectivity index (χ0) is 35.6. The van der Waals surface area contributed by atoms with Gasteiger partial charge >= 0.3 is 12.1 Å². The number of hydrogen-bond donors (Lipinski definition) is 2. The van der Waals surface area contributed by atoms with Crippen molar-refractivity contribution in [1.82, 2.24) is 0 Å². The van der Waals surface area contributed by atoms with Crippen molar-refractivity contribution in [2.75, 3.05) is 37.0 Å². The van der Waals surface area contributed by atoms with Crippen LogP contribution in [0.1, 0.15) is 142 Å². The molecule has 0 saturated heterocycles. The molecule has 269 valence electrons. The Morgan fingerprint density at radius 2 is 0.918 bits per heavy atom. The maximum atomic E-state index is 7.42. The zero-order valence-electron chi connectivity index (χ0n) is 31.5. The molecule has 1 radical (unpaired) electrons. The molecular weight excluding hydrogens is 814 g/mol. The minimum absolute atomic E-state index is 0. The van der Waals surface area contributed by atoms with Crippen LogP contribution in [0.25, 0.3) is 16.7 Å². The van der Waals surface area contributed by atoms with E-state index in [2.05, 4.69) is 65.5 Å². The average Bonchev–Trinajstić information content (AvgIpc) is 3.44. The Morgan fingerprint density at radius 1 is 0.592 bits per heavy atom. The van der Waals surface area contributed by atoms with Gasteiger partial charge in [-0.15, -0.1) is 22.3 Å². The third kappa shape index (κ3) is 17.1. The van der Waals surface area contributed by atoms with Gasteiger partial charge in [0.2, 0.25) is 5.57 Å². The first-order chi connectivity index (χ1) is 23.4. The van der Waals surface area contributed by atoms with Crippen molar-refractivity contribution < 1.29 is 33.0 Å². The third-order valence-electron chi connectivity index (χ3n) is 8.65. The van der Waals surface area contributed by atoms with Crippen molar-refractivity contribution in [2.24, 2.45) is 0 Å². The van der Waals surface area contributed by atoms with E-state index in [-0.39, 0.29) is 28.1 Å². The van der Waals surface area contributed by atoms with Crippen molar-refractivity contribution in [2.45, 2.75) is 119 Å². The van der Waals surface area contributed by atoms with Crippen molar-refractivity contribution in [1.29, 1.82) is 0 Å². The number of terminal acetylenes is 1. The molecule has 0 heterocycles. The fourth-order valence-electron chi connectivity index (χ4n) is 5.67. The van der Waals surface area contributed by atoms with Crippen LogP contribution in [0, 0.1) is 36.8 Å². The van der Waals surface area contributed by atoms with E-state index in [0.29, 0.717) is 27.0 Å². The van der Waals surface area contributed by atoms with Crippen molar-refractivity contribution >= 4 is 21.4 Å². The van der Waals surface area contributed by atoms with E-state index in [1.165, 1.54) is 77.0 Å². The largest absolute Gasteiger partial charge is 0.325 e. The van der Waals surface area contributed by atoms with Gasteiger partial charge in [0, 0.05) is 39.2 Å². The number of unbranched alkanes of at least 4 members (excludes halogenated alkanes) is 6. The van der Waals surface area contributed by atoms with Crippen LogP contribution in [0.4, 0.5) is 0 Å². The molecule has 0 aliphatic heterocycles. The fourth-order valence-corrected chi connectivity index (χ4v) is 11.6. The van der Waals surface area contributed by atoms with E-state index in [4.69, 9.17) is 23.4 Å². The average molecular weight is 879 g/mol. The van der Waals surface area contributed by atoms with Gasteiger partial charge in [-0.25, -0.2) is 0 Å². The molecule has 0 fully saturated rings. The van der Waals surface area contributed by atoms with Gasteiger partial charge in [0.05, 0.1) is 0 Å². The van der Waals surface area contributed by atoms with Crippen LogP contribution in [0.3, 0.4) is 0 Å². The van der Waals surface area contributed by atoms with Crippen molar-refractivity contribution in [3.05, 3.63) is 70.6 Å². The smallest absolute Gasteiger partial charge is 0.115 e. The summed E-state index contributed by atoms with van der Waals surface area (Å²) in [5.41, 5.74) is 6.00. The van der Waals surface area contributed by atoms with Crippen LogP contribution >= 0.6 is 15.8 Å². The maximum Gasteiger partial charge on any atom is 0.325 e. The third-order valence-corrected chi connectivity index (χ3v) is 14.3. The van der Waals surface area contributed by atoms with Gasteiger partial charge in [-0.3, -0.25) is 0 Å². The van der Waals surface area contributed by atoms with Gasteiger partial charge in [-0.1, -0.05) is 115 Å². The van der Waals surface area contributed by atoms with Gasteiger partial charge in [0.1, 0.15) is 0 Å². The molecule has 0 atom stereocenters. The fraction of sp³-hybridized carbons (Fsp3) is 0.545. The molecule has 1 aliphatic carbocycles. The van der Waals surface area contributed by atoms with E-state index in [1.54, 1.807) is 37.0 Å². The van der Waals surface area contributed by atoms with Crippen molar-refractivity contribution in [3.63, 3.8) is 0 Å². The number of rotatable bonds is 18. The first-order valence-corrected chi connectivity index (χ1v) is 22.4. The van der Waals surface area contributed by atoms with E-state index in [1.807, 2.05) is 36.4 Å². The Hall–Kier alpha value is -2.17. The Kier molecular flexibility index (Phi) is 28.2. The summed E-state index contributed by atoms with van der Waals surface area (Å²) in [6.07, 6.45) is 39.2. The number of benzene rings is 2. The Labute approximate surface area is 320 Å². The van der Waals surface area contributed by atoms with Gasteiger partial charge in [0.15, 0.2) is 0 Å². The van der Waals surface area contributed by atoms with Crippen LogP contribution < -0.4 is 10.5 Å². The molecule has 5 heteroatoms. The molecule has 2 aromatic rings. The summed E-state index contributed by atoms with van der Waals surface area (Å²) in [6.45, 7) is 13.9. The Balaban J connectivity index is 0. The molecular formula is C44H65N2P2Pt+2. The second-order valence-corrected chi connectivity index (χ2v) is 18.0. The SMILES string of the molecule is CCCCP(CCCC)CCCC.CCCCP(CCCC)CCCC.[C]#Cc1ccc2c(c1)C(=C(C#[NH+])C#[NH+])c1cc(C#C)ccc1-2.[HH].[Pt]. The topological polar surface area (TPSA) is 47.6 Å². The molecule has 0 amide bonds. The molecule has 0 spiro atoms. The molecule has 0 aromatic heterocycles. The second-order valence-electron chi connectivity index (χ2n) is 12.6. The van der Waals surface area contributed by atoms with Gasteiger partial charge in [0.25, 0.3) is 0 Å². The first kappa shape index (κ1) is 46.8. The maximum absolute atomic E-state index is 7.42. The molecule has 0 saturated carbocycles. The minimum Gasteiger partial charge on any atom is -0.115 e. The van der Waals surface area contributed by atoms with E-state index in [0.717, 1.165) is 27.8 Å². The van der Waals surface area contributed by atoms with Gasteiger partial charge < -0.3 is 0 Å². The normalized spacial score (nSPS) is 10.6. The van der Waals surface area contributed by atoms with Gasteiger partial charge in [-0.05, 0) is 128 Å². The summed E-state index contributed by atoms with van der Waals surface area (Å²) in [5.74, 6) is 4.96.